The molecule has 0 bridgehead atoms. The van der Waals surface area contributed by atoms with E-state index < -0.39 is 0 Å². The number of H-pyrrole nitrogens is 1. The van der Waals surface area contributed by atoms with Gasteiger partial charge >= 0.3 is 0 Å². The lowest BCUT2D eigenvalue weighted by molar-refractivity contribution is -0.00834. The molecule has 1 saturated heterocycles. The van der Waals surface area contributed by atoms with E-state index in [9.17, 15) is 0 Å². The van der Waals surface area contributed by atoms with Crippen molar-refractivity contribution in [2.24, 2.45) is 4.99 Å². The zero-order chi connectivity index (χ0) is 18.4. The highest BCUT2D eigenvalue weighted by molar-refractivity contribution is 5.81. The van der Waals surface area contributed by atoms with Crippen molar-refractivity contribution >= 4 is 16.9 Å². The van der Waals surface area contributed by atoms with E-state index >= 15 is 0 Å². The fraction of sp³-hybridized carbons (Fsp3) is 0.550. The zero-order valence-corrected chi connectivity index (χ0v) is 16.1. The van der Waals surface area contributed by atoms with E-state index in [2.05, 4.69) is 65.6 Å². The third-order valence-electron chi connectivity index (χ3n) is 4.89. The van der Waals surface area contributed by atoms with Gasteiger partial charge in [0.05, 0.1) is 19.8 Å². The highest BCUT2D eigenvalue weighted by Crippen LogP contribution is 2.16. The van der Waals surface area contributed by atoms with Crippen LogP contribution in [0.2, 0.25) is 0 Å². The number of morpholine rings is 1. The molecule has 3 N–H and O–H groups in total. The molecule has 2 heterocycles. The van der Waals surface area contributed by atoms with Crippen molar-refractivity contribution in [3.8, 4) is 0 Å². The molecule has 0 saturated carbocycles. The Bertz CT molecular complexity index is 698. The maximum absolute atomic E-state index is 5.47. The molecule has 26 heavy (non-hydrogen) atoms. The van der Waals surface area contributed by atoms with Gasteiger partial charge in [0.1, 0.15) is 0 Å². The number of nitrogens with zero attached hydrogens (tertiary/aromatic N) is 2. The largest absolute Gasteiger partial charge is 0.379 e. The van der Waals surface area contributed by atoms with Crippen molar-refractivity contribution in [2.45, 2.75) is 32.9 Å². The molecule has 3 rings (SSSR count). The summed E-state index contributed by atoms with van der Waals surface area (Å²) in [5.74, 6) is 0.854. The summed E-state index contributed by atoms with van der Waals surface area (Å²) in [6, 6.07) is 10.5. The third-order valence-corrected chi connectivity index (χ3v) is 4.89. The van der Waals surface area contributed by atoms with Gasteiger partial charge in [0.2, 0.25) is 0 Å². The minimum atomic E-state index is 0.0566. The summed E-state index contributed by atoms with van der Waals surface area (Å²) >= 11 is 0. The first kappa shape index (κ1) is 18.7. The molecule has 0 amide bonds. The Balaban J connectivity index is 1.61. The van der Waals surface area contributed by atoms with Gasteiger partial charge in [-0.2, -0.15) is 0 Å². The Kier molecular flexibility index (Phi) is 6.16. The van der Waals surface area contributed by atoms with Crippen LogP contribution in [0.5, 0.6) is 0 Å². The van der Waals surface area contributed by atoms with E-state index in [0.29, 0.717) is 6.54 Å². The molecule has 142 valence electrons. The van der Waals surface area contributed by atoms with E-state index in [1.54, 1.807) is 0 Å². The number of hydrogen-bond donors (Lipinski definition) is 3. The number of fused-ring (bicyclic) bond motifs is 1. The zero-order valence-electron chi connectivity index (χ0n) is 16.1. The van der Waals surface area contributed by atoms with Crippen LogP contribution in [0, 0.1) is 0 Å². The number of nitrogens with one attached hydrogen (secondary N) is 3. The standard InChI is InChI=1S/C20H31N5O/c1-4-21-19(23-15-20(2,3)25-9-11-26-12-10-25)22-14-17-13-16-7-5-6-8-18(16)24-17/h5-8,13,24H,4,9-12,14-15H2,1-3H3,(H2,21,22,23). The maximum atomic E-state index is 5.47. The molecule has 0 atom stereocenters. The van der Waals surface area contributed by atoms with E-state index in [0.717, 1.165) is 56.6 Å². The first-order chi connectivity index (χ1) is 12.6. The molecule has 1 aromatic heterocycles. The van der Waals surface area contributed by atoms with E-state index in [1.165, 1.54) is 5.39 Å². The molecular formula is C20H31N5O. The number of hydrogen-bond acceptors (Lipinski definition) is 3. The second-order valence-corrected chi connectivity index (χ2v) is 7.34. The van der Waals surface area contributed by atoms with Crippen LogP contribution in [0.25, 0.3) is 10.9 Å². The number of aromatic amines is 1. The Morgan fingerprint density at radius 2 is 2.00 bits per heavy atom. The molecule has 1 aliphatic heterocycles. The summed E-state index contributed by atoms with van der Waals surface area (Å²) in [5, 5.41) is 8.07. The van der Waals surface area contributed by atoms with Crippen LogP contribution in [0.4, 0.5) is 0 Å². The highest BCUT2D eigenvalue weighted by atomic mass is 16.5. The second kappa shape index (κ2) is 8.56. The monoisotopic (exact) mass is 357 g/mol. The predicted molar refractivity (Wildman–Crippen MR) is 108 cm³/mol. The Hall–Kier alpha value is -2.05. The minimum absolute atomic E-state index is 0.0566. The second-order valence-electron chi connectivity index (χ2n) is 7.34. The summed E-state index contributed by atoms with van der Waals surface area (Å²) in [5.41, 5.74) is 2.33. The Morgan fingerprint density at radius 1 is 1.23 bits per heavy atom. The van der Waals surface area contributed by atoms with Gasteiger partial charge in [-0.05, 0) is 38.3 Å². The van der Waals surface area contributed by atoms with Crippen LogP contribution >= 0.6 is 0 Å². The van der Waals surface area contributed by atoms with Gasteiger partial charge in [-0.15, -0.1) is 0 Å². The van der Waals surface area contributed by atoms with Crippen LogP contribution in [-0.4, -0.2) is 60.8 Å². The molecule has 0 spiro atoms. The molecule has 0 aliphatic carbocycles. The number of ether oxygens (including phenoxy) is 1. The lowest BCUT2D eigenvalue weighted by Crippen LogP contribution is -2.56. The third kappa shape index (κ3) is 4.77. The lowest BCUT2D eigenvalue weighted by atomic mass is 10.0. The van der Waals surface area contributed by atoms with Crippen molar-refractivity contribution in [3.05, 3.63) is 36.0 Å². The highest BCUT2D eigenvalue weighted by Gasteiger charge is 2.28. The topological polar surface area (TPSA) is 64.7 Å². The molecule has 6 nitrogen and oxygen atoms in total. The minimum Gasteiger partial charge on any atom is -0.379 e. The van der Waals surface area contributed by atoms with E-state index in [4.69, 9.17) is 9.73 Å². The number of rotatable bonds is 6. The van der Waals surface area contributed by atoms with Crippen LogP contribution < -0.4 is 10.6 Å². The lowest BCUT2D eigenvalue weighted by Gasteiger charge is -2.41. The SMILES string of the molecule is CCNC(=NCc1cc2ccccc2[nH]1)NCC(C)(C)N1CCOCC1. The van der Waals surface area contributed by atoms with Crippen molar-refractivity contribution in [1.29, 1.82) is 0 Å². The van der Waals surface area contributed by atoms with E-state index in [1.807, 2.05) is 6.07 Å². The summed E-state index contributed by atoms with van der Waals surface area (Å²) in [6.45, 7) is 12.5. The average Bonchev–Trinajstić information content (AvgIpc) is 3.08. The van der Waals surface area contributed by atoms with Crippen molar-refractivity contribution in [2.75, 3.05) is 39.4 Å². The number of aliphatic imine (C=N–C) groups is 1. The van der Waals surface area contributed by atoms with Gasteiger partial charge in [-0.3, -0.25) is 4.90 Å². The van der Waals surface area contributed by atoms with Gasteiger partial charge < -0.3 is 20.4 Å². The van der Waals surface area contributed by atoms with Crippen molar-refractivity contribution < 1.29 is 4.74 Å². The van der Waals surface area contributed by atoms with Crippen LogP contribution in [0.15, 0.2) is 35.3 Å². The smallest absolute Gasteiger partial charge is 0.191 e. The molecule has 0 radical (unpaired) electrons. The molecule has 1 aromatic carbocycles. The summed E-state index contributed by atoms with van der Waals surface area (Å²) < 4.78 is 5.47. The number of aromatic nitrogens is 1. The van der Waals surface area contributed by atoms with E-state index in [-0.39, 0.29) is 5.54 Å². The molecule has 0 unspecified atom stereocenters. The molecule has 1 aliphatic rings. The quantitative estimate of drug-likeness (QED) is 0.548. The summed E-state index contributed by atoms with van der Waals surface area (Å²) in [6.07, 6.45) is 0. The van der Waals surface area contributed by atoms with Crippen LogP contribution in [-0.2, 0) is 11.3 Å². The first-order valence-corrected chi connectivity index (χ1v) is 9.50. The molecule has 2 aromatic rings. The van der Waals surface area contributed by atoms with Gasteiger partial charge in [-0.1, -0.05) is 18.2 Å². The normalized spacial score (nSPS) is 16.8. The van der Waals surface area contributed by atoms with Crippen molar-refractivity contribution in [3.63, 3.8) is 0 Å². The van der Waals surface area contributed by atoms with Crippen molar-refractivity contribution in [1.82, 2.24) is 20.5 Å². The molecular weight excluding hydrogens is 326 g/mol. The predicted octanol–water partition coefficient (Wildman–Crippen LogP) is 2.33. The van der Waals surface area contributed by atoms with Gasteiger partial charge in [0.15, 0.2) is 5.96 Å². The van der Waals surface area contributed by atoms with Gasteiger partial charge in [-0.25, -0.2) is 4.99 Å². The fourth-order valence-corrected chi connectivity index (χ4v) is 3.31. The summed E-state index contributed by atoms with van der Waals surface area (Å²) in [4.78, 5) is 10.7. The number of para-hydroxylation sites is 1. The Labute approximate surface area is 156 Å². The number of guanidine groups is 1. The summed E-state index contributed by atoms with van der Waals surface area (Å²) in [7, 11) is 0. The average molecular weight is 358 g/mol. The maximum Gasteiger partial charge on any atom is 0.191 e. The van der Waals surface area contributed by atoms with Crippen LogP contribution in [0.1, 0.15) is 26.5 Å². The fourth-order valence-electron chi connectivity index (χ4n) is 3.31. The van der Waals surface area contributed by atoms with Crippen LogP contribution in [0.3, 0.4) is 0 Å². The first-order valence-electron chi connectivity index (χ1n) is 9.50. The number of benzene rings is 1. The van der Waals surface area contributed by atoms with Gasteiger partial charge in [0.25, 0.3) is 0 Å². The van der Waals surface area contributed by atoms with Gasteiger partial charge in [0, 0.05) is 42.9 Å². The Morgan fingerprint density at radius 3 is 2.73 bits per heavy atom. The molecule has 1 fully saturated rings. The molecule has 6 heteroatoms.